The second-order valence-electron chi connectivity index (χ2n) is 7.91. The molecular weight excluding hydrogens is 360 g/mol. The van der Waals surface area contributed by atoms with Crippen molar-refractivity contribution in [3.05, 3.63) is 35.9 Å². The minimum absolute atomic E-state index is 0.0202. The number of esters is 1. The Labute approximate surface area is 165 Å². The first-order valence-corrected chi connectivity index (χ1v) is 9.27. The fraction of sp³-hybridized carbons (Fsp3) is 0.524. The zero-order valence-electron chi connectivity index (χ0n) is 16.7. The van der Waals surface area contributed by atoms with Gasteiger partial charge in [-0.1, -0.05) is 30.3 Å². The molecule has 1 saturated heterocycles. The van der Waals surface area contributed by atoms with Gasteiger partial charge in [0, 0.05) is 6.42 Å². The number of carbonyl (C=O) groups is 3. The summed E-state index contributed by atoms with van der Waals surface area (Å²) in [6, 6.07) is 10.2. The summed E-state index contributed by atoms with van der Waals surface area (Å²) in [6.07, 6.45) is -0.749. The van der Waals surface area contributed by atoms with Crippen LogP contribution in [0.15, 0.2) is 30.3 Å². The van der Waals surface area contributed by atoms with Gasteiger partial charge in [0.05, 0.1) is 18.1 Å². The van der Waals surface area contributed by atoms with E-state index < -0.39 is 35.0 Å². The Morgan fingerprint density at radius 2 is 1.93 bits per heavy atom. The van der Waals surface area contributed by atoms with Gasteiger partial charge in [-0.3, -0.25) is 4.79 Å². The Kier molecular flexibility index (Phi) is 6.45. The minimum atomic E-state index is -1.19. The van der Waals surface area contributed by atoms with Crippen LogP contribution < -0.4 is 0 Å². The van der Waals surface area contributed by atoms with E-state index in [4.69, 9.17) is 9.47 Å². The van der Waals surface area contributed by atoms with Crippen molar-refractivity contribution >= 4 is 18.0 Å². The summed E-state index contributed by atoms with van der Waals surface area (Å²) in [5.41, 5.74) is -1.18. The maximum Gasteiger partial charge on any atom is 0.417 e. The number of carbonyl (C=O) groups excluding carboxylic acids is 3. The van der Waals surface area contributed by atoms with Crippen LogP contribution in [0, 0.1) is 16.7 Å². The Balaban J connectivity index is 2.44. The summed E-state index contributed by atoms with van der Waals surface area (Å²) in [5, 5.41) is 9.37. The third kappa shape index (κ3) is 4.69. The van der Waals surface area contributed by atoms with E-state index in [0.717, 1.165) is 10.5 Å². The van der Waals surface area contributed by atoms with E-state index in [1.54, 1.807) is 27.7 Å². The van der Waals surface area contributed by atoms with Crippen LogP contribution in [-0.2, 0) is 25.5 Å². The number of hydrogen-bond donors (Lipinski definition) is 0. The van der Waals surface area contributed by atoms with Gasteiger partial charge in [-0.15, -0.1) is 0 Å². The van der Waals surface area contributed by atoms with Crippen molar-refractivity contribution in [1.82, 2.24) is 4.90 Å². The minimum Gasteiger partial charge on any atom is -0.464 e. The molecule has 2 rings (SSSR count). The summed E-state index contributed by atoms with van der Waals surface area (Å²) in [7, 11) is 0. The molecule has 7 nitrogen and oxygen atoms in total. The first-order chi connectivity index (χ1) is 13.1. The number of benzene rings is 1. The third-order valence-electron chi connectivity index (χ3n) is 4.52. The van der Waals surface area contributed by atoms with Gasteiger partial charge in [0.15, 0.2) is 0 Å². The normalized spacial score (nSPS) is 21.9. The molecule has 0 aliphatic carbocycles. The van der Waals surface area contributed by atoms with Crippen LogP contribution in [0.25, 0.3) is 0 Å². The maximum atomic E-state index is 13.3. The van der Waals surface area contributed by atoms with Crippen molar-refractivity contribution in [2.75, 3.05) is 6.61 Å². The zero-order chi connectivity index (χ0) is 20.9. The van der Waals surface area contributed by atoms with Crippen LogP contribution in [0.2, 0.25) is 0 Å². The molecule has 1 fully saturated rings. The van der Waals surface area contributed by atoms with Gasteiger partial charge >= 0.3 is 12.1 Å². The van der Waals surface area contributed by atoms with Gasteiger partial charge in [0.25, 0.3) is 0 Å². The van der Waals surface area contributed by atoms with E-state index in [0.29, 0.717) is 0 Å². The molecule has 150 valence electrons. The first kappa shape index (κ1) is 21.4. The van der Waals surface area contributed by atoms with Crippen molar-refractivity contribution in [3.8, 4) is 6.07 Å². The smallest absolute Gasteiger partial charge is 0.417 e. The lowest BCUT2D eigenvalue weighted by atomic mass is 9.76. The molecule has 0 aromatic heterocycles. The molecule has 0 unspecified atom stereocenters. The van der Waals surface area contributed by atoms with Gasteiger partial charge in [-0.2, -0.15) is 5.26 Å². The molecule has 0 saturated carbocycles. The van der Waals surface area contributed by atoms with E-state index in [1.165, 1.54) is 0 Å². The molecule has 0 radical (unpaired) electrons. The molecule has 0 N–H and O–H groups in total. The zero-order valence-corrected chi connectivity index (χ0v) is 16.7. The van der Waals surface area contributed by atoms with Gasteiger partial charge < -0.3 is 9.47 Å². The molecule has 2 amide bonds. The second-order valence-corrected chi connectivity index (χ2v) is 7.91. The van der Waals surface area contributed by atoms with Crippen LogP contribution in [-0.4, -0.2) is 41.1 Å². The first-order valence-electron chi connectivity index (χ1n) is 9.27. The molecule has 7 heteroatoms. The average Bonchev–Trinajstić information content (AvgIpc) is 2.88. The molecule has 1 aliphatic heterocycles. The molecule has 1 aromatic carbocycles. The van der Waals surface area contributed by atoms with Crippen LogP contribution in [0.1, 0.15) is 46.1 Å². The summed E-state index contributed by atoms with van der Waals surface area (Å²) < 4.78 is 10.4. The van der Waals surface area contributed by atoms with E-state index in [9.17, 15) is 19.6 Å². The molecule has 1 aliphatic rings. The summed E-state index contributed by atoms with van der Waals surface area (Å²) in [5.74, 6) is -1.25. The number of ether oxygens (including phenoxy) is 2. The van der Waals surface area contributed by atoms with Gasteiger partial charge in [0.1, 0.15) is 11.6 Å². The Morgan fingerprint density at radius 1 is 1.29 bits per heavy atom. The van der Waals surface area contributed by atoms with Crippen molar-refractivity contribution < 1.29 is 23.9 Å². The van der Waals surface area contributed by atoms with Gasteiger partial charge in [-0.25, -0.2) is 14.5 Å². The molecule has 1 heterocycles. The summed E-state index contributed by atoms with van der Waals surface area (Å²) in [6.45, 7) is 6.81. The predicted molar refractivity (Wildman–Crippen MR) is 101 cm³/mol. The molecule has 0 spiro atoms. The second kappa shape index (κ2) is 8.42. The lowest BCUT2D eigenvalue weighted by molar-refractivity contribution is -0.151. The standard InChI is InChI=1S/C21H26N2O5/c1-5-27-17(24)16-14-21(11-12-22,13-15-9-7-6-8-10-15)18(25)23(16)19(26)28-20(2,3)4/h6-10,16H,5,11,13-14H2,1-4H3/t16-,21+/m0/s1. The maximum absolute atomic E-state index is 13.3. The molecule has 28 heavy (non-hydrogen) atoms. The van der Waals surface area contributed by atoms with Crippen LogP contribution in [0.3, 0.4) is 0 Å². The number of nitrogens with zero attached hydrogens (tertiary/aromatic N) is 2. The molecular formula is C21H26N2O5. The average molecular weight is 386 g/mol. The van der Waals surface area contributed by atoms with E-state index in [-0.39, 0.29) is 25.9 Å². The van der Waals surface area contributed by atoms with Crippen molar-refractivity contribution in [3.63, 3.8) is 0 Å². The Morgan fingerprint density at radius 3 is 2.46 bits per heavy atom. The highest BCUT2D eigenvalue weighted by Crippen LogP contribution is 2.43. The predicted octanol–water partition coefficient (Wildman–Crippen LogP) is 3.23. The molecule has 2 atom stereocenters. The summed E-state index contributed by atoms with van der Waals surface area (Å²) in [4.78, 5) is 39.4. The Bertz CT molecular complexity index is 778. The van der Waals surface area contributed by atoms with Crippen molar-refractivity contribution in [2.24, 2.45) is 5.41 Å². The van der Waals surface area contributed by atoms with Crippen molar-refractivity contribution in [1.29, 1.82) is 5.26 Å². The van der Waals surface area contributed by atoms with Crippen LogP contribution >= 0.6 is 0 Å². The number of imide groups is 1. The number of rotatable bonds is 5. The van der Waals surface area contributed by atoms with Gasteiger partial charge in [-0.05, 0) is 46.1 Å². The van der Waals surface area contributed by atoms with Crippen LogP contribution in [0.4, 0.5) is 4.79 Å². The highest BCUT2D eigenvalue weighted by Gasteiger charge is 2.57. The van der Waals surface area contributed by atoms with E-state index in [1.807, 2.05) is 36.4 Å². The van der Waals surface area contributed by atoms with Gasteiger partial charge in [0.2, 0.25) is 5.91 Å². The highest BCUT2D eigenvalue weighted by molar-refractivity contribution is 6.02. The highest BCUT2D eigenvalue weighted by atomic mass is 16.6. The summed E-state index contributed by atoms with van der Waals surface area (Å²) >= 11 is 0. The number of nitriles is 1. The Hall–Kier alpha value is -2.88. The topological polar surface area (TPSA) is 96.7 Å². The quantitative estimate of drug-likeness (QED) is 0.721. The number of likely N-dealkylation sites (tertiary alicyclic amines) is 1. The number of amides is 2. The SMILES string of the molecule is CCOC(=O)[C@@H]1C[C@@](CC#N)(Cc2ccccc2)C(=O)N1C(=O)OC(C)(C)C. The fourth-order valence-electron chi connectivity index (χ4n) is 3.39. The molecule has 0 bridgehead atoms. The molecule has 1 aromatic rings. The lowest BCUT2D eigenvalue weighted by Gasteiger charge is -2.27. The monoisotopic (exact) mass is 386 g/mol. The number of hydrogen-bond acceptors (Lipinski definition) is 6. The largest absolute Gasteiger partial charge is 0.464 e. The van der Waals surface area contributed by atoms with E-state index >= 15 is 0 Å². The lowest BCUT2D eigenvalue weighted by Crippen LogP contribution is -2.47. The third-order valence-corrected chi connectivity index (χ3v) is 4.52. The van der Waals surface area contributed by atoms with E-state index in [2.05, 4.69) is 0 Å². The van der Waals surface area contributed by atoms with Crippen LogP contribution in [0.5, 0.6) is 0 Å². The van der Waals surface area contributed by atoms with Crippen molar-refractivity contribution in [2.45, 2.75) is 58.6 Å². The fourth-order valence-corrected chi connectivity index (χ4v) is 3.39.